The predicted molar refractivity (Wildman–Crippen MR) is 119 cm³/mol. The summed E-state index contributed by atoms with van der Waals surface area (Å²) >= 11 is 4.38. The van der Waals surface area contributed by atoms with Gasteiger partial charge in [0.15, 0.2) is 0 Å². The summed E-state index contributed by atoms with van der Waals surface area (Å²) in [6.07, 6.45) is 9.28. The summed E-state index contributed by atoms with van der Waals surface area (Å²) < 4.78 is 0. The summed E-state index contributed by atoms with van der Waals surface area (Å²) in [7, 11) is 0. The largest absolute Gasteiger partial charge is 0.368 e. The van der Waals surface area contributed by atoms with Gasteiger partial charge in [-0.15, -0.1) is 0 Å². The van der Waals surface area contributed by atoms with Crippen LogP contribution in [0.5, 0.6) is 0 Å². The molecule has 0 fully saturated rings. The minimum Gasteiger partial charge on any atom is -0.228 e. The third-order valence-corrected chi connectivity index (χ3v) is 4.50. The molecule has 0 aliphatic carbocycles. The molecule has 0 saturated heterocycles. The Hall–Kier alpha value is 0.110. The molecule has 0 radical (unpaired) electrons. The molecule has 0 spiro atoms. The summed E-state index contributed by atoms with van der Waals surface area (Å²) in [5.41, 5.74) is 0. The Kier molecular flexibility index (Phi) is 17.8. The smallest absolute Gasteiger partial charge is 0.228 e. The van der Waals surface area contributed by atoms with Gasteiger partial charge in [0, 0.05) is 5.92 Å². The van der Waals surface area contributed by atoms with E-state index < -0.39 is 5.97 Å². The number of thiol groups is 1. The van der Waals surface area contributed by atoms with Crippen LogP contribution in [0.4, 0.5) is 0 Å². The molecule has 0 amide bonds. The van der Waals surface area contributed by atoms with Crippen molar-refractivity contribution < 1.29 is 29.3 Å². The zero-order chi connectivity index (χ0) is 22.1. The fraction of sp³-hybridized carbons (Fsp3) is 1.00. The van der Waals surface area contributed by atoms with Gasteiger partial charge in [-0.3, -0.25) is 0 Å². The van der Waals surface area contributed by atoms with Crippen molar-refractivity contribution in [1.82, 2.24) is 0 Å². The highest BCUT2D eigenvalue weighted by Crippen LogP contribution is 2.36. The quantitative estimate of drug-likeness (QED) is 0.0742. The molecule has 6 nitrogen and oxygen atoms in total. The van der Waals surface area contributed by atoms with Crippen molar-refractivity contribution in [2.24, 2.45) is 5.92 Å². The van der Waals surface area contributed by atoms with Crippen LogP contribution in [0.3, 0.4) is 0 Å². The van der Waals surface area contributed by atoms with Gasteiger partial charge in [0.05, 0.1) is 18.3 Å². The van der Waals surface area contributed by atoms with Crippen LogP contribution in [0.1, 0.15) is 106 Å². The van der Waals surface area contributed by atoms with Crippen molar-refractivity contribution in [3.05, 3.63) is 0 Å². The van der Waals surface area contributed by atoms with Crippen molar-refractivity contribution in [3.63, 3.8) is 0 Å². The predicted octanol–water partition coefficient (Wildman–Crippen LogP) is 6.79. The Morgan fingerprint density at radius 2 is 1.03 bits per heavy atom. The summed E-state index contributed by atoms with van der Waals surface area (Å²) in [5, 5.41) is 0. The zero-order valence-electron chi connectivity index (χ0n) is 19.8. The van der Waals surface area contributed by atoms with E-state index in [9.17, 15) is 0 Å². The van der Waals surface area contributed by atoms with E-state index in [1.165, 1.54) is 25.7 Å². The van der Waals surface area contributed by atoms with Crippen molar-refractivity contribution in [2.45, 2.75) is 131 Å². The van der Waals surface area contributed by atoms with Gasteiger partial charge in [-0.2, -0.15) is 27.3 Å². The summed E-state index contributed by atoms with van der Waals surface area (Å²) in [4.78, 5) is 33.6. The first-order valence-corrected chi connectivity index (χ1v) is 12.0. The highest BCUT2D eigenvalue weighted by molar-refractivity contribution is 7.80. The third kappa shape index (κ3) is 14.7. The van der Waals surface area contributed by atoms with Gasteiger partial charge < -0.3 is 0 Å². The molecule has 0 aliphatic heterocycles. The summed E-state index contributed by atoms with van der Waals surface area (Å²) in [6, 6.07) is 0. The first kappa shape index (κ1) is 29.1. The molecule has 0 N–H and O–H groups in total. The first-order chi connectivity index (χ1) is 13.8. The molecule has 0 aliphatic rings. The van der Waals surface area contributed by atoms with E-state index in [-0.39, 0.29) is 24.2 Å². The Morgan fingerprint density at radius 3 is 1.45 bits per heavy atom. The van der Waals surface area contributed by atoms with E-state index in [0.29, 0.717) is 0 Å². The molecule has 0 aromatic carbocycles. The average Bonchev–Trinajstić information content (AvgIpc) is 2.66. The minimum atomic E-state index is -1.59. The van der Waals surface area contributed by atoms with Crippen molar-refractivity contribution >= 4 is 12.6 Å². The molecule has 0 aromatic heterocycles. The lowest BCUT2D eigenvalue weighted by Crippen LogP contribution is -2.48. The van der Waals surface area contributed by atoms with Gasteiger partial charge in [0.2, 0.25) is 0 Å². The normalized spacial score (nSPS) is 13.8. The van der Waals surface area contributed by atoms with Crippen molar-refractivity contribution in [3.8, 4) is 0 Å². The van der Waals surface area contributed by atoms with Crippen LogP contribution in [0.25, 0.3) is 0 Å². The molecular weight excluding hydrogens is 392 g/mol. The summed E-state index contributed by atoms with van der Waals surface area (Å²) in [6.45, 7) is 13.5. The second-order valence-electron chi connectivity index (χ2n) is 8.41. The standard InChI is InChI=1S/C22H46O6S/c1-8-9-10-11-12-13-15-21(16-14-17-29)22(26-23-18(2)3,27-24-19(4)5)28-25-20(6)7/h18-21,29H,8-17H2,1-7H3. The second kappa shape index (κ2) is 17.8. The van der Waals surface area contributed by atoms with E-state index in [0.717, 1.165) is 37.9 Å². The lowest BCUT2D eigenvalue weighted by molar-refractivity contribution is -0.653. The monoisotopic (exact) mass is 438 g/mol. The highest BCUT2D eigenvalue weighted by atomic mass is 32.1. The molecule has 0 heterocycles. The minimum absolute atomic E-state index is 0.128. The topological polar surface area (TPSA) is 55.4 Å². The molecule has 29 heavy (non-hydrogen) atoms. The van der Waals surface area contributed by atoms with Crippen LogP contribution in [-0.4, -0.2) is 30.0 Å². The molecule has 0 rings (SSSR count). The Bertz CT molecular complexity index is 334. The maximum atomic E-state index is 5.73. The van der Waals surface area contributed by atoms with Crippen molar-refractivity contribution in [1.29, 1.82) is 0 Å². The van der Waals surface area contributed by atoms with Crippen LogP contribution < -0.4 is 0 Å². The SMILES string of the molecule is CCCCCCCCC(CCCS)C(OOC(C)C)(OOC(C)C)OOC(C)C. The fourth-order valence-electron chi connectivity index (χ4n) is 2.74. The van der Waals surface area contributed by atoms with Crippen molar-refractivity contribution in [2.75, 3.05) is 5.75 Å². The molecule has 0 saturated carbocycles. The number of rotatable bonds is 20. The van der Waals surface area contributed by atoms with Gasteiger partial charge in [-0.25, -0.2) is 14.7 Å². The fourth-order valence-corrected chi connectivity index (χ4v) is 2.92. The Morgan fingerprint density at radius 1 is 0.621 bits per heavy atom. The van der Waals surface area contributed by atoms with E-state index in [2.05, 4.69) is 19.6 Å². The molecule has 7 heteroatoms. The van der Waals surface area contributed by atoms with E-state index in [1.807, 2.05) is 41.5 Å². The number of hydrogen-bond acceptors (Lipinski definition) is 7. The zero-order valence-corrected chi connectivity index (χ0v) is 20.7. The maximum Gasteiger partial charge on any atom is 0.368 e. The molecule has 176 valence electrons. The third-order valence-electron chi connectivity index (χ3n) is 4.19. The van der Waals surface area contributed by atoms with Gasteiger partial charge in [0.25, 0.3) is 0 Å². The summed E-state index contributed by atoms with van der Waals surface area (Å²) in [5.74, 6) is -0.952. The average molecular weight is 439 g/mol. The van der Waals surface area contributed by atoms with Gasteiger partial charge in [0.1, 0.15) is 0 Å². The first-order valence-electron chi connectivity index (χ1n) is 11.4. The van der Waals surface area contributed by atoms with E-state index in [1.54, 1.807) is 0 Å². The molecule has 1 atom stereocenters. The highest BCUT2D eigenvalue weighted by Gasteiger charge is 2.48. The lowest BCUT2D eigenvalue weighted by atomic mass is 9.93. The molecule has 0 bridgehead atoms. The van der Waals surface area contributed by atoms with Crippen LogP contribution >= 0.6 is 12.6 Å². The molecular formula is C22H46O6S. The molecule has 1 unspecified atom stereocenters. The van der Waals surface area contributed by atoms with Crippen LogP contribution in [0.15, 0.2) is 0 Å². The van der Waals surface area contributed by atoms with Crippen LogP contribution in [0.2, 0.25) is 0 Å². The number of hydrogen-bond donors (Lipinski definition) is 1. The van der Waals surface area contributed by atoms with Crippen LogP contribution in [-0.2, 0) is 29.3 Å². The lowest BCUT2D eigenvalue weighted by Gasteiger charge is -2.36. The number of unbranched alkanes of at least 4 members (excludes halogenated alkanes) is 5. The van der Waals surface area contributed by atoms with Gasteiger partial charge in [-0.1, -0.05) is 45.4 Å². The van der Waals surface area contributed by atoms with E-state index >= 15 is 0 Å². The Labute approximate surface area is 184 Å². The molecule has 0 aromatic rings. The van der Waals surface area contributed by atoms with E-state index in [4.69, 9.17) is 29.3 Å². The second-order valence-corrected chi connectivity index (χ2v) is 8.85. The Balaban J connectivity index is 5.35. The maximum absolute atomic E-state index is 5.73. The van der Waals surface area contributed by atoms with Gasteiger partial charge in [-0.05, 0) is 66.6 Å². The van der Waals surface area contributed by atoms with Gasteiger partial charge >= 0.3 is 5.97 Å². The van der Waals surface area contributed by atoms with Crippen LogP contribution in [0, 0.1) is 5.92 Å².